The summed E-state index contributed by atoms with van der Waals surface area (Å²) in [6, 6.07) is 9.99. The fraction of sp³-hybridized carbons (Fsp3) is 0.250. The Hall–Kier alpha value is -0.293. The first-order chi connectivity index (χ1) is 4.93. The Morgan fingerprint density at radius 3 is 2.00 bits per heavy atom. The number of rotatable bonds is 1. The van der Waals surface area contributed by atoms with Gasteiger partial charge >= 0.3 is 18.9 Å². The van der Waals surface area contributed by atoms with Gasteiger partial charge in [0.2, 0.25) is 0 Å². The first-order valence-electron chi connectivity index (χ1n) is 3.05. The monoisotopic (exact) mass is 149 g/mol. The van der Waals surface area contributed by atoms with Crippen molar-refractivity contribution in [3.8, 4) is 0 Å². The fourth-order valence-corrected chi connectivity index (χ4v) is 0.614. The molecule has 1 aromatic carbocycles. The summed E-state index contributed by atoms with van der Waals surface area (Å²) < 4.78 is 9.50. The van der Waals surface area contributed by atoms with E-state index in [9.17, 15) is 4.39 Å². The molecule has 0 aliphatic rings. The van der Waals surface area contributed by atoms with Crippen LogP contribution in [-0.2, 0) is 6.54 Å². The van der Waals surface area contributed by atoms with Crippen LogP contribution in [0.3, 0.4) is 0 Å². The van der Waals surface area contributed by atoms with Crippen molar-refractivity contribution in [1.82, 2.24) is 0 Å². The molecule has 0 bridgehead atoms. The summed E-state index contributed by atoms with van der Waals surface area (Å²) in [5.41, 5.74) is 6.54. The Morgan fingerprint density at radius 2 is 1.73 bits per heavy atom. The third-order valence-corrected chi connectivity index (χ3v) is 1.08. The first-order valence-corrected chi connectivity index (χ1v) is 3.05. The van der Waals surface area contributed by atoms with E-state index in [1.165, 1.54) is 5.56 Å². The van der Waals surface area contributed by atoms with Gasteiger partial charge in [-0.3, -0.25) is 4.39 Å². The van der Waals surface area contributed by atoms with Gasteiger partial charge in [0.25, 0.3) is 0 Å². The average molecular weight is 149 g/mol. The van der Waals surface area contributed by atoms with Crippen LogP contribution in [0.25, 0.3) is 0 Å². The summed E-state index contributed by atoms with van der Waals surface area (Å²) in [6.07, 6.45) is 0. The topological polar surface area (TPSA) is 26.0 Å². The Balaban J connectivity index is -0.000000189. The molecule has 0 aromatic heterocycles. The van der Waals surface area contributed by atoms with E-state index in [0.717, 1.165) is 0 Å². The fourth-order valence-electron chi connectivity index (χ4n) is 0.614. The molecule has 2 N–H and O–H groups in total. The van der Waals surface area contributed by atoms with Crippen molar-refractivity contribution in [1.29, 1.82) is 0 Å². The van der Waals surface area contributed by atoms with E-state index in [1.54, 1.807) is 0 Å². The number of benzene rings is 1. The third-order valence-electron chi connectivity index (χ3n) is 1.08. The largest absolute Gasteiger partial charge is 1.00 e. The van der Waals surface area contributed by atoms with Gasteiger partial charge < -0.3 is 7.16 Å². The maximum Gasteiger partial charge on any atom is 1.00 e. The molecule has 0 spiro atoms. The van der Waals surface area contributed by atoms with Gasteiger partial charge in [0.05, 0.1) is 7.18 Å². The molecule has 0 aliphatic heterocycles. The van der Waals surface area contributed by atoms with Crippen LogP contribution in [-0.4, -0.2) is 7.18 Å². The van der Waals surface area contributed by atoms with Gasteiger partial charge in [-0.25, -0.2) is 0 Å². The minimum Gasteiger partial charge on any atom is -1.00 e. The van der Waals surface area contributed by atoms with Crippen molar-refractivity contribution in [2.75, 3.05) is 7.18 Å². The van der Waals surface area contributed by atoms with Crippen molar-refractivity contribution in [3.05, 3.63) is 35.9 Å². The van der Waals surface area contributed by atoms with E-state index in [-0.39, 0.29) is 20.3 Å². The van der Waals surface area contributed by atoms with Gasteiger partial charge in [-0.15, -0.1) is 0 Å². The SMILES string of the molecule is CF.NCc1ccccc1.[H-].[Li+]. The first kappa shape index (κ1) is 13.3. The zero-order valence-electron chi connectivity index (χ0n) is 8.05. The van der Waals surface area contributed by atoms with E-state index >= 15 is 0 Å². The second-order valence-electron chi connectivity index (χ2n) is 1.69. The quantitative estimate of drug-likeness (QED) is 0.501. The molecule has 0 radical (unpaired) electrons. The minimum absolute atomic E-state index is 0. The van der Waals surface area contributed by atoms with Crippen LogP contribution >= 0.6 is 0 Å². The molecular weight excluding hydrogens is 136 g/mol. The van der Waals surface area contributed by atoms with Gasteiger partial charge in [-0.05, 0) is 5.56 Å². The van der Waals surface area contributed by atoms with Crippen molar-refractivity contribution < 1.29 is 24.7 Å². The van der Waals surface area contributed by atoms with Crippen molar-refractivity contribution >= 4 is 0 Å². The normalized spacial score (nSPS) is 7.18. The van der Waals surface area contributed by atoms with E-state index in [4.69, 9.17) is 5.73 Å². The second-order valence-corrected chi connectivity index (χ2v) is 1.69. The molecule has 1 aromatic rings. The Labute approximate surface area is 80.5 Å². The van der Waals surface area contributed by atoms with Gasteiger partial charge in [0.15, 0.2) is 0 Å². The Morgan fingerprint density at radius 1 is 1.27 bits per heavy atom. The molecule has 1 nitrogen and oxygen atoms in total. The minimum atomic E-state index is 0. The van der Waals surface area contributed by atoms with Gasteiger partial charge in [-0.2, -0.15) is 0 Å². The summed E-state index contributed by atoms with van der Waals surface area (Å²) >= 11 is 0. The zero-order chi connectivity index (χ0) is 7.82. The predicted molar refractivity (Wildman–Crippen MR) is 42.5 cm³/mol. The number of nitrogens with two attached hydrogens (primary N) is 1. The van der Waals surface area contributed by atoms with Gasteiger partial charge in [-0.1, -0.05) is 30.3 Å². The molecule has 0 atom stereocenters. The van der Waals surface area contributed by atoms with E-state index < -0.39 is 0 Å². The van der Waals surface area contributed by atoms with E-state index in [0.29, 0.717) is 13.7 Å². The summed E-state index contributed by atoms with van der Waals surface area (Å²) in [7, 11) is 0.500. The summed E-state index contributed by atoms with van der Waals surface area (Å²) in [5, 5.41) is 0. The van der Waals surface area contributed by atoms with Crippen LogP contribution in [0.2, 0.25) is 0 Å². The predicted octanol–water partition coefficient (Wildman–Crippen LogP) is -1.15. The Kier molecular flexibility index (Phi) is 11.7. The van der Waals surface area contributed by atoms with Crippen molar-refractivity contribution in [2.45, 2.75) is 6.54 Å². The molecule has 0 aliphatic carbocycles. The number of hydrogen-bond donors (Lipinski definition) is 1. The van der Waals surface area contributed by atoms with Crippen LogP contribution in [0, 0.1) is 0 Å². The molecule has 11 heavy (non-hydrogen) atoms. The average Bonchev–Trinajstić information content (AvgIpc) is 2.10. The second kappa shape index (κ2) is 9.71. The number of halogens is 1. The molecule has 0 saturated carbocycles. The van der Waals surface area contributed by atoms with Gasteiger partial charge in [0, 0.05) is 6.54 Å². The summed E-state index contributed by atoms with van der Waals surface area (Å²) in [4.78, 5) is 0. The van der Waals surface area contributed by atoms with Gasteiger partial charge in [0.1, 0.15) is 0 Å². The molecule has 1 rings (SSSR count). The van der Waals surface area contributed by atoms with Crippen LogP contribution < -0.4 is 24.6 Å². The molecule has 0 amide bonds. The summed E-state index contributed by atoms with van der Waals surface area (Å²) in [6.45, 7) is 0.640. The van der Waals surface area contributed by atoms with Crippen LogP contribution in [0.4, 0.5) is 4.39 Å². The maximum absolute atomic E-state index is 9.50. The standard InChI is InChI=1S/C7H9N.CH3F.Li.H/c8-6-7-4-2-1-3-5-7;1-2;;/h1-5H,6,8H2;1H3;;/q;;+1;-1. The number of alkyl halides is 1. The molecule has 0 saturated heterocycles. The third kappa shape index (κ3) is 6.12. The molecule has 58 valence electrons. The Bertz CT molecular complexity index is 160. The van der Waals surface area contributed by atoms with Crippen LogP contribution in [0.15, 0.2) is 30.3 Å². The molecule has 0 unspecified atom stereocenters. The van der Waals surface area contributed by atoms with E-state index in [2.05, 4.69) is 0 Å². The molecule has 3 heteroatoms. The maximum atomic E-state index is 9.50. The van der Waals surface area contributed by atoms with Crippen LogP contribution in [0.1, 0.15) is 6.99 Å². The molecular formula is C8H13FLiN. The van der Waals surface area contributed by atoms with Crippen molar-refractivity contribution in [2.24, 2.45) is 5.73 Å². The summed E-state index contributed by atoms with van der Waals surface area (Å²) in [5.74, 6) is 0. The number of hydrogen-bond acceptors (Lipinski definition) is 1. The smallest absolute Gasteiger partial charge is 1.00 e. The van der Waals surface area contributed by atoms with Crippen molar-refractivity contribution in [3.63, 3.8) is 0 Å². The molecule has 0 heterocycles. The molecule has 0 fully saturated rings. The van der Waals surface area contributed by atoms with Crippen LogP contribution in [0.5, 0.6) is 0 Å². The van der Waals surface area contributed by atoms with E-state index in [1.807, 2.05) is 30.3 Å². The zero-order valence-corrected chi connectivity index (χ0v) is 7.05.